The number of thioether (sulfide) groups is 1. The lowest BCUT2D eigenvalue weighted by molar-refractivity contribution is -0.113. The summed E-state index contributed by atoms with van der Waals surface area (Å²) in [4.78, 5) is 25.5. The highest BCUT2D eigenvalue weighted by Gasteiger charge is 2.34. The SMILES string of the molecule is O=C(O)c1cc(N2C(=O)C(=Cc3ccc(-c4ccccc4F)o3)SC2=S)ccc1O. The van der Waals surface area contributed by atoms with Gasteiger partial charge in [-0.15, -0.1) is 0 Å². The maximum atomic E-state index is 13.9. The average Bonchev–Trinajstić information content (AvgIpc) is 3.27. The first-order chi connectivity index (χ1) is 14.3. The fourth-order valence-corrected chi connectivity index (χ4v) is 4.17. The van der Waals surface area contributed by atoms with Crippen LogP contribution in [0.15, 0.2) is 63.9 Å². The number of rotatable bonds is 4. The highest BCUT2D eigenvalue weighted by molar-refractivity contribution is 8.27. The molecule has 1 aliphatic rings. The van der Waals surface area contributed by atoms with Crippen LogP contribution in [0.2, 0.25) is 0 Å². The Morgan fingerprint density at radius 2 is 1.93 bits per heavy atom. The molecular formula is C21H12FNO5S2. The Balaban J connectivity index is 1.64. The topological polar surface area (TPSA) is 91.0 Å². The number of hydrogen-bond acceptors (Lipinski definition) is 6. The van der Waals surface area contributed by atoms with E-state index in [1.54, 1.807) is 30.3 Å². The molecule has 150 valence electrons. The van der Waals surface area contributed by atoms with Crippen molar-refractivity contribution in [1.82, 2.24) is 0 Å². The van der Waals surface area contributed by atoms with E-state index in [0.29, 0.717) is 17.1 Å². The van der Waals surface area contributed by atoms with Gasteiger partial charge >= 0.3 is 5.97 Å². The molecule has 1 amide bonds. The molecular weight excluding hydrogens is 429 g/mol. The van der Waals surface area contributed by atoms with Crippen LogP contribution in [0.4, 0.5) is 10.1 Å². The van der Waals surface area contributed by atoms with Crippen molar-refractivity contribution in [2.24, 2.45) is 0 Å². The van der Waals surface area contributed by atoms with Gasteiger partial charge in [0, 0.05) is 6.08 Å². The van der Waals surface area contributed by atoms with Gasteiger partial charge in [0.15, 0.2) is 4.32 Å². The number of anilines is 1. The van der Waals surface area contributed by atoms with Gasteiger partial charge in [-0.1, -0.05) is 36.1 Å². The Morgan fingerprint density at radius 3 is 2.67 bits per heavy atom. The van der Waals surface area contributed by atoms with Gasteiger partial charge in [-0.25, -0.2) is 9.18 Å². The van der Waals surface area contributed by atoms with Crippen molar-refractivity contribution in [1.29, 1.82) is 0 Å². The van der Waals surface area contributed by atoms with Crippen molar-refractivity contribution < 1.29 is 28.6 Å². The number of carboxylic acid groups (broad SMARTS) is 1. The minimum absolute atomic E-state index is 0.203. The number of thiocarbonyl (C=S) groups is 1. The van der Waals surface area contributed by atoms with Crippen molar-refractivity contribution in [3.8, 4) is 17.1 Å². The van der Waals surface area contributed by atoms with Crippen LogP contribution < -0.4 is 4.90 Å². The summed E-state index contributed by atoms with van der Waals surface area (Å²) < 4.78 is 19.8. The van der Waals surface area contributed by atoms with Crippen molar-refractivity contribution in [2.75, 3.05) is 4.90 Å². The fraction of sp³-hybridized carbons (Fsp3) is 0. The normalized spacial score (nSPS) is 15.2. The Labute approximate surface area is 179 Å². The number of aromatic hydroxyl groups is 1. The van der Waals surface area contributed by atoms with Crippen LogP contribution in [0, 0.1) is 5.82 Å². The summed E-state index contributed by atoms with van der Waals surface area (Å²) in [5, 5.41) is 18.8. The summed E-state index contributed by atoms with van der Waals surface area (Å²) in [6.07, 6.45) is 1.49. The molecule has 9 heteroatoms. The quantitative estimate of drug-likeness (QED) is 0.440. The highest BCUT2D eigenvalue weighted by Crippen LogP contribution is 2.38. The first kappa shape index (κ1) is 19.9. The van der Waals surface area contributed by atoms with E-state index >= 15 is 0 Å². The lowest BCUT2D eigenvalue weighted by Crippen LogP contribution is -2.27. The van der Waals surface area contributed by atoms with Crippen molar-refractivity contribution in [3.63, 3.8) is 0 Å². The van der Waals surface area contributed by atoms with Crippen LogP contribution in [0.1, 0.15) is 16.1 Å². The number of aromatic carboxylic acids is 1. The Morgan fingerprint density at radius 1 is 1.17 bits per heavy atom. The van der Waals surface area contributed by atoms with Crippen molar-refractivity contribution >= 4 is 51.9 Å². The molecule has 0 spiro atoms. The standard InChI is InChI=1S/C21H12FNO5S2/c22-15-4-2-1-3-13(15)17-8-6-12(28-17)10-18-19(25)23(21(29)30-18)11-5-7-16(24)14(9-11)20(26)27/h1-10,24H,(H,26,27). The summed E-state index contributed by atoms with van der Waals surface area (Å²) in [5.74, 6) is -1.97. The molecule has 1 aromatic heterocycles. The Hall–Kier alpha value is -3.43. The van der Waals surface area contributed by atoms with E-state index in [1.807, 2.05) is 0 Å². The molecule has 2 heterocycles. The highest BCUT2D eigenvalue weighted by atomic mass is 32.2. The minimum atomic E-state index is -1.33. The number of carbonyl (C=O) groups is 2. The second-order valence-corrected chi connectivity index (χ2v) is 7.88. The van der Waals surface area contributed by atoms with Crippen LogP contribution in [0.5, 0.6) is 5.75 Å². The molecule has 6 nitrogen and oxygen atoms in total. The average molecular weight is 441 g/mol. The molecule has 4 rings (SSSR count). The summed E-state index contributed by atoms with van der Waals surface area (Å²) >= 11 is 6.29. The minimum Gasteiger partial charge on any atom is -0.507 e. The van der Waals surface area contributed by atoms with Gasteiger partial charge < -0.3 is 14.6 Å². The zero-order valence-corrected chi connectivity index (χ0v) is 16.7. The third kappa shape index (κ3) is 3.60. The van der Waals surface area contributed by atoms with Crippen molar-refractivity contribution in [3.05, 3.63) is 76.6 Å². The summed E-state index contributed by atoms with van der Waals surface area (Å²) in [6.45, 7) is 0. The number of hydrogen-bond donors (Lipinski definition) is 2. The fourth-order valence-electron chi connectivity index (χ4n) is 2.89. The molecule has 30 heavy (non-hydrogen) atoms. The molecule has 0 saturated carbocycles. The third-order valence-electron chi connectivity index (χ3n) is 4.30. The monoisotopic (exact) mass is 441 g/mol. The zero-order valence-electron chi connectivity index (χ0n) is 15.0. The maximum absolute atomic E-state index is 13.9. The number of amides is 1. The van der Waals surface area contributed by atoms with Crippen LogP contribution in [-0.2, 0) is 4.79 Å². The predicted octanol–water partition coefficient (Wildman–Crippen LogP) is 4.90. The van der Waals surface area contributed by atoms with Gasteiger partial charge in [0.2, 0.25) is 0 Å². The second kappa shape index (κ2) is 7.77. The number of halogens is 1. The molecule has 0 unspecified atom stereocenters. The first-order valence-corrected chi connectivity index (χ1v) is 9.76. The van der Waals surface area contributed by atoms with Crippen molar-refractivity contribution in [2.45, 2.75) is 0 Å². The van der Waals surface area contributed by atoms with E-state index in [2.05, 4.69) is 0 Å². The van der Waals surface area contributed by atoms with Gasteiger partial charge in [0.05, 0.1) is 16.2 Å². The second-order valence-electron chi connectivity index (χ2n) is 6.21. The number of nitrogens with zero attached hydrogens (tertiary/aromatic N) is 1. The summed E-state index contributed by atoms with van der Waals surface area (Å²) in [6, 6.07) is 13.2. The Kier molecular flexibility index (Phi) is 5.15. The van der Waals surface area contributed by atoms with Gasteiger partial charge in [0.1, 0.15) is 28.7 Å². The lowest BCUT2D eigenvalue weighted by atomic mass is 10.1. The molecule has 1 fully saturated rings. The predicted molar refractivity (Wildman–Crippen MR) is 115 cm³/mol. The maximum Gasteiger partial charge on any atom is 0.339 e. The van der Waals surface area contributed by atoms with E-state index in [0.717, 1.165) is 11.8 Å². The smallest absolute Gasteiger partial charge is 0.339 e. The molecule has 0 aliphatic carbocycles. The van der Waals surface area contributed by atoms with Gasteiger partial charge in [-0.3, -0.25) is 9.69 Å². The largest absolute Gasteiger partial charge is 0.507 e. The number of benzene rings is 2. The molecule has 2 N–H and O–H groups in total. The molecule has 0 radical (unpaired) electrons. The summed E-state index contributed by atoms with van der Waals surface area (Å²) in [7, 11) is 0. The van der Waals surface area contributed by atoms with Crippen LogP contribution in [-0.4, -0.2) is 26.4 Å². The summed E-state index contributed by atoms with van der Waals surface area (Å²) in [5.41, 5.74) is 0.184. The molecule has 2 aromatic carbocycles. The lowest BCUT2D eigenvalue weighted by Gasteiger charge is -2.15. The van der Waals surface area contributed by atoms with Gasteiger partial charge in [-0.2, -0.15) is 0 Å². The van der Waals surface area contributed by atoms with Crippen LogP contribution in [0.25, 0.3) is 17.4 Å². The van der Waals surface area contributed by atoms with E-state index in [1.165, 1.54) is 35.2 Å². The third-order valence-corrected chi connectivity index (χ3v) is 5.60. The zero-order chi connectivity index (χ0) is 21.4. The van der Waals surface area contributed by atoms with Gasteiger partial charge in [-0.05, 0) is 42.5 Å². The number of carbonyl (C=O) groups excluding carboxylic acids is 1. The van der Waals surface area contributed by atoms with E-state index in [4.69, 9.17) is 16.6 Å². The van der Waals surface area contributed by atoms with E-state index in [-0.39, 0.29) is 20.5 Å². The van der Waals surface area contributed by atoms with Crippen LogP contribution >= 0.6 is 24.0 Å². The molecule has 1 aliphatic heterocycles. The molecule has 0 atom stereocenters. The van der Waals surface area contributed by atoms with Crippen LogP contribution in [0.3, 0.4) is 0 Å². The van der Waals surface area contributed by atoms with E-state index in [9.17, 15) is 24.2 Å². The number of phenols is 1. The first-order valence-electron chi connectivity index (χ1n) is 8.54. The van der Waals surface area contributed by atoms with E-state index < -0.39 is 23.4 Å². The van der Waals surface area contributed by atoms with Gasteiger partial charge in [0.25, 0.3) is 5.91 Å². The Bertz CT molecular complexity index is 1230. The number of furan rings is 1. The number of carboxylic acids is 1. The molecule has 3 aromatic rings. The molecule has 1 saturated heterocycles. The molecule has 0 bridgehead atoms.